The molecule has 2 unspecified atom stereocenters. The predicted octanol–water partition coefficient (Wildman–Crippen LogP) is -2.14. The number of amides is 2. The van der Waals surface area contributed by atoms with Gasteiger partial charge in [-0.1, -0.05) is 0 Å². The number of hydrogen-bond donors (Lipinski definition) is 7. The van der Waals surface area contributed by atoms with Crippen LogP contribution in [0.5, 0.6) is 0 Å². The number of carbonyl (C=O) groups excluding carboxylic acids is 2. The molecule has 0 spiro atoms. The number of carbonyl (C=O) groups is 4. The van der Waals surface area contributed by atoms with E-state index < -0.39 is 24.0 Å². The number of thiol groups is 2. The van der Waals surface area contributed by atoms with Gasteiger partial charge < -0.3 is 21.7 Å². The first-order chi connectivity index (χ1) is 9.65. The first kappa shape index (κ1) is 21.7. The third kappa shape index (κ3) is 13.2. The lowest BCUT2D eigenvalue weighted by Gasteiger charge is -1.96. The molecular weight excluding hydrogens is 322 g/mol. The second-order valence-corrected chi connectivity index (χ2v) is 4.17. The van der Waals surface area contributed by atoms with E-state index >= 15 is 0 Å². The van der Waals surface area contributed by atoms with E-state index in [9.17, 15) is 19.2 Å². The summed E-state index contributed by atoms with van der Waals surface area (Å²) in [6, 6.07) is -1.63. The molecule has 1 heterocycles. The fourth-order valence-corrected chi connectivity index (χ4v) is 0.825. The van der Waals surface area contributed by atoms with Crippen LogP contribution in [0.25, 0.3) is 0 Å². The minimum Gasteiger partial charge on any atom is -0.480 e. The monoisotopic (exact) mass is 339 g/mol. The lowest BCUT2D eigenvalue weighted by molar-refractivity contribution is -0.138. The highest BCUT2D eigenvalue weighted by molar-refractivity contribution is 7.80. The lowest BCUT2D eigenvalue weighted by atomic mass is 10.4. The SMILES string of the molecule is NC(CS)C(=O)O.NC(CS)C(=O)O.O=C1C=CC(=O)N1. The highest BCUT2D eigenvalue weighted by Crippen LogP contribution is 1.82. The van der Waals surface area contributed by atoms with E-state index in [-0.39, 0.29) is 23.3 Å². The Labute approximate surface area is 131 Å². The molecule has 1 aliphatic rings. The molecule has 2 amide bonds. The van der Waals surface area contributed by atoms with Crippen LogP contribution < -0.4 is 16.8 Å². The van der Waals surface area contributed by atoms with Gasteiger partial charge in [-0.2, -0.15) is 25.3 Å². The smallest absolute Gasteiger partial charge is 0.321 e. The summed E-state index contributed by atoms with van der Waals surface area (Å²) in [6.45, 7) is 0. The molecular formula is C10H17N3O6S2. The molecule has 21 heavy (non-hydrogen) atoms. The number of imide groups is 1. The second-order valence-electron chi connectivity index (χ2n) is 3.44. The van der Waals surface area contributed by atoms with Gasteiger partial charge >= 0.3 is 11.9 Å². The summed E-state index contributed by atoms with van der Waals surface area (Å²) in [5.41, 5.74) is 9.88. The van der Waals surface area contributed by atoms with E-state index in [1.54, 1.807) is 0 Å². The Balaban J connectivity index is 0. The van der Waals surface area contributed by atoms with E-state index in [2.05, 4.69) is 25.3 Å². The molecule has 1 rings (SSSR count). The molecule has 0 radical (unpaired) electrons. The van der Waals surface area contributed by atoms with E-state index in [0.29, 0.717) is 0 Å². The predicted molar refractivity (Wildman–Crippen MR) is 81.2 cm³/mol. The van der Waals surface area contributed by atoms with Crippen LogP contribution in [0, 0.1) is 0 Å². The van der Waals surface area contributed by atoms with Crippen LogP contribution in [0.3, 0.4) is 0 Å². The van der Waals surface area contributed by atoms with Crippen molar-refractivity contribution in [3.63, 3.8) is 0 Å². The van der Waals surface area contributed by atoms with Gasteiger partial charge in [-0.3, -0.25) is 24.5 Å². The van der Waals surface area contributed by atoms with Crippen LogP contribution in [-0.2, 0) is 19.2 Å². The highest BCUT2D eigenvalue weighted by Gasteiger charge is 2.07. The second kappa shape index (κ2) is 12.2. The van der Waals surface area contributed by atoms with Crippen LogP contribution in [0.2, 0.25) is 0 Å². The molecule has 2 atom stereocenters. The Bertz CT molecular complexity index is 380. The Morgan fingerprint density at radius 2 is 1.29 bits per heavy atom. The molecule has 120 valence electrons. The summed E-state index contributed by atoms with van der Waals surface area (Å²) in [5, 5.41) is 18.0. The maximum atomic E-state index is 10.0. The quantitative estimate of drug-likeness (QED) is 0.224. The van der Waals surface area contributed by atoms with Gasteiger partial charge in [0.15, 0.2) is 0 Å². The molecule has 0 saturated heterocycles. The molecule has 0 fully saturated rings. The van der Waals surface area contributed by atoms with Gasteiger partial charge in [-0.25, -0.2) is 0 Å². The summed E-state index contributed by atoms with van der Waals surface area (Å²) >= 11 is 7.30. The van der Waals surface area contributed by atoms with Gasteiger partial charge in [0.05, 0.1) is 0 Å². The molecule has 0 aromatic rings. The first-order valence-electron chi connectivity index (χ1n) is 5.37. The molecule has 0 aliphatic carbocycles. The van der Waals surface area contributed by atoms with E-state index in [0.717, 1.165) is 0 Å². The Morgan fingerprint density at radius 1 is 1.00 bits per heavy atom. The van der Waals surface area contributed by atoms with Crippen molar-refractivity contribution in [3.05, 3.63) is 12.2 Å². The number of rotatable bonds is 4. The minimum atomic E-state index is -1.00. The summed E-state index contributed by atoms with van der Waals surface area (Å²) in [7, 11) is 0. The fraction of sp³-hybridized carbons (Fsp3) is 0.400. The van der Waals surface area contributed by atoms with Crippen molar-refractivity contribution in [3.8, 4) is 0 Å². The maximum Gasteiger partial charge on any atom is 0.321 e. The van der Waals surface area contributed by atoms with Crippen molar-refractivity contribution in [2.24, 2.45) is 11.5 Å². The van der Waals surface area contributed by atoms with Crippen LogP contribution >= 0.6 is 25.3 Å². The number of hydrogen-bond acceptors (Lipinski definition) is 8. The van der Waals surface area contributed by atoms with Crippen molar-refractivity contribution < 1.29 is 29.4 Å². The first-order valence-corrected chi connectivity index (χ1v) is 6.63. The molecule has 9 nitrogen and oxygen atoms in total. The molecule has 1 aliphatic heterocycles. The third-order valence-electron chi connectivity index (χ3n) is 1.66. The van der Waals surface area contributed by atoms with Gasteiger partial charge in [-0.05, 0) is 0 Å². The molecule has 0 aromatic carbocycles. The third-order valence-corrected chi connectivity index (χ3v) is 2.45. The van der Waals surface area contributed by atoms with Gasteiger partial charge in [0.25, 0.3) is 11.8 Å². The Morgan fingerprint density at radius 3 is 1.33 bits per heavy atom. The van der Waals surface area contributed by atoms with Crippen LogP contribution in [0.1, 0.15) is 0 Å². The summed E-state index contributed by atoms with van der Waals surface area (Å²) in [4.78, 5) is 39.6. The van der Waals surface area contributed by atoms with Gasteiger partial charge in [0.2, 0.25) is 0 Å². The maximum absolute atomic E-state index is 10.0. The van der Waals surface area contributed by atoms with Crippen molar-refractivity contribution in [2.45, 2.75) is 12.1 Å². The Kier molecular flexibility index (Phi) is 12.6. The fourth-order valence-electron chi connectivity index (χ4n) is 0.512. The van der Waals surface area contributed by atoms with Crippen LogP contribution in [0.4, 0.5) is 0 Å². The zero-order chi connectivity index (χ0) is 17.0. The normalized spacial score (nSPS) is 14.9. The number of nitrogens with one attached hydrogen (secondary N) is 1. The molecule has 0 aromatic heterocycles. The average molecular weight is 339 g/mol. The number of nitrogens with two attached hydrogens (primary N) is 2. The van der Waals surface area contributed by atoms with Gasteiger partial charge in [-0.15, -0.1) is 0 Å². The largest absolute Gasteiger partial charge is 0.480 e. The van der Waals surface area contributed by atoms with Crippen LogP contribution in [-0.4, -0.2) is 57.6 Å². The standard InChI is InChI=1S/C4H3NO2.2C3H7NO2S/c6-3-1-2-4(7)5-3;2*4-2(1-7)3(5)6/h1-2H,(H,5,6,7);2*2,7H,1,4H2,(H,5,6). The summed E-state index contributed by atoms with van der Waals surface area (Å²) in [5.74, 6) is -2.29. The van der Waals surface area contributed by atoms with Crippen molar-refractivity contribution in [2.75, 3.05) is 11.5 Å². The zero-order valence-electron chi connectivity index (χ0n) is 10.8. The van der Waals surface area contributed by atoms with Gasteiger partial charge in [0, 0.05) is 23.7 Å². The number of carboxylic acids is 2. The van der Waals surface area contributed by atoms with E-state index in [1.807, 2.05) is 5.32 Å². The molecule has 7 N–H and O–H groups in total. The van der Waals surface area contributed by atoms with E-state index in [4.69, 9.17) is 21.7 Å². The molecule has 0 bridgehead atoms. The Hall–Kier alpha value is -1.56. The van der Waals surface area contributed by atoms with Crippen molar-refractivity contribution >= 4 is 49.0 Å². The summed E-state index contributed by atoms with van der Waals surface area (Å²) in [6.07, 6.45) is 2.39. The van der Waals surface area contributed by atoms with E-state index in [1.165, 1.54) is 12.2 Å². The highest BCUT2D eigenvalue weighted by atomic mass is 32.1. The molecule has 0 saturated carbocycles. The molecule has 11 heteroatoms. The van der Waals surface area contributed by atoms with Crippen molar-refractivity contribution in [1.82, 2.24) is 5.32 Å². The van der Waals surface area contributed by atoms with Gasteiger partial charge in [0.1, 0.15) is 12.1 Å². The minimum absolute atomic E-state index is 0.190. The topological polar surface area (TPSA) is 173 Å². The lowest BCUT2D eigenvalue weighted by Crippen LogP contribution is -2.31. The number of carboxylic acid groups (broad SMARTS) is 2. The zero-order valence-corrected chi connectivity index (χ0v) is 12.6. The average Bonchev–Trinajstić information content (AvgIpc) is 2.81. The number of aliphatic carboxylic acids is 2. The van der Waals surface area contributed by atoms with Crippen molar-refractivity contribution in [1.29, 1.82) is 0 Å². The van der Waals surface area contributed by atoms with Crippen LogP contribution in [0.15, 0.2) is 12.2 Å². The summed E-state index contributed by atoms with van der Waals surface area (Å²) < 4.78 is 0.